The third kappa shape index (κ3) is 5.30. The van der Waals surface area contributed by atoms with E-state index in [0.29, 0.717) is 18.8 Å². The van der Waals surface area contributed by atoms with Gasteiger partial charge in [0.25, 0.3) is 0 Å². The lowest BCUT2D eigenvalue weighted by molar-refractivity contribution is -0.108. The maximum Gasteiger partial charge on any atom is 0.420 e. The molecule has 33 heavy (non-hydrogen) atoms. The number of hydrogen-bond acceptors (Lipinski definition) is 6. The van der Waals surface area contributed by atoms with Crippen LogP contribution >= 0.6 is 0 Å². The highest BCUT2D eigenvalue weighted by atomic mass is 16.6. The fourth-order valence-corrected chi connectivity index (χ4v) is 4.54. The minimum atomic E-state index is -0.615. The van der Waals surface area contributed by atoms with E-state index in [1.54, 1.807) is 4.57 Å². The smallest absolute Gasteiger partial charge is 0.420 e. The van der Waals surface area contributed by atoms with E-state index >= 15 is 0 Å². The largest absolute Gasteiger partial charge is 0.443 e. The topological polar surface area (TPSA) is 77.3 Å². The molecule has 7 nitrogen and oxygen atoms in total. The Kier molecular flexibility index (Phi) is 6.88. The van der Waals surface area contributed by atoms with Gasteiger partial charge in [-0.1, -0.05) is 18.2 Å². The number of aryl methyl sites for hydroxylation is 1. The molecule has 1 atom stereocenters. The van der Waals surface area contributed by atoms with Crippen molar-refractivity contribution in [3.63, 3.8) is 0 Å². The molecule has 7 heteroatoms. The summed E-state index contributed by atoms with van der Waals surface area (Å²) in [5.41, 5.74) is 3.24. The molecule has 0 saturated heterocycles. The fourth-order valence-electron chi connectivity index (χ4n) is 4.54. The van der Waals surface area contributed by atoms with Crippen molar-refractivity contribution in [1.29, 1.82) is 0 Å². The molecule has 0 amide bonds. The zero-order valence-corrected chi connectivity index (χ0v) is 19.7. The van der Waals surface area contributed by atoms with Gasteiger partial charge in [0, 0.05) is 12.6 Å². The minimum absolute atomic E-state index is 0.119. The first-order chi connectivity index (χ1) is 15.9. The number of pyridine rings is 1. The average molecular weight is 449 g/mol. The zero-order valence-electron chi connectivity index (χ0n) is 19.7. The summed E-state index contributed by atoms with van der Waals surface area (Å²) < 4.78 is 7.31. The molecule has 0 aliphatic heterocycles. The van der Waals surface area contributed by atoms with Gasteiger partial charge in [0.05, 0.1) is 29.3 Å². The van der Waals surface area contributed by atoms with E-state index in [4.69, 9.17) is 14.7 Å². The van der Waals surface area contributed by atoms with Crippen LogP contribution in [0.1, 0.15) is 69.6 Å². The lowest BCUT2D eigenvalue weighted by Gasteiger charge is -2.34. The van der Waals surface area contributed by atoms with Gasteiger partial charge in [0.2, 0.25) is 0 Å². The molecule has 4 rings (SSSR count). The van der Waals surface area contributed by atoms with Gasteiger partial charge in [-0.3, -0.25) is 9.88 Å². The van der Waals surface area contributed by atoms with E-state index in [0.717, 1.165) is 55.2 Å². The lowest BCUT2D eigenvalue weighted by atomic mass is 9.90. The van der Waals surface area contributed by atoms with Crippen molar-refractivity contribution in [3.8, 4) is 0 Å². The van der Waals surface area contributed by atoms with Crippen LogP contribution in [0.4, 0.5) is 4.79 Å². The molecular formula is C26H32N4O3. The van der Waals surface area contributed by atoms with E-state index in [9.17, 15) is 9.59 Å². The molecule has 0 saturated carbocycles. The molecule has 1 aliphatic carbocycles. The van der Waals surface area contributed by atoms with E-state index in [1.807, 2.05) is 57.3 Å². The summed E-state index contributed by atoms with van der Waals surface area (Å²) in [6, 6.07) is 11.9. The molecule has 0 bridgehead atoms. The molecule has 2 aromatic heterocycles. The number of imidazole rings is 1. The number of ether oxygens (including phenoxy) is 1. The van der Waals surface area contributed by atoms with Crippen LogP contribution in [0.25, 0.3) is 11.0 Å². The number of unbranched alkanes of at least 4 members (excludes halogenated alkanes) is 1. The highest BCUT2D eigenvalue weighted by molar-refractivity contribution is 5.87. The highest BCUT2D eigenvalue weighted by Crippen LogP contribution is 2.34. The van der Waals surface area contributed by atoms with Crippen LogP contribution in [0.3, 0.4) is 0 Å². The molecular weight excluding hydrogens is 416 g/mol. The Labute approximate surface area is 194 Å². The molecule has 1 aromatic carbocycles. The molecule has 0 fully saturated rings. The Hall–Kier alpha value is -3.06. The molecule has 0 N–H and O–H groups in total. The van der Waals surface area contributed by atoms with Crippen LogP contribution in [-0.2, 0) is 22.5 Å². The number of carbonyl (C=O) groups is 2. The first-order valence-electron chi connectivity index (χ1n) is 11.7. The third-order valence-electron chi connectivity index (χ3n) is 5.92. The maximum atomic E-state index is 13.2. The predicted octanol–water partition coefficient (Wildman–Crippen LogP) is 5.07. The number of rotatable bonds is 7. The number of aromatic nitrogens is 3. The average Bonchev–Trinajstić information content (AvgIpc) is 3.15. The monoisotopic (exact) mass is 448 g/mol. The number of hydrogen-bond donors (Lipinski definition) is 0. The number of nitrogens with zero attached hydrogens (tertiary/aromatic N) is 4. The number of para-hydroxylation sites is 2. The predicted molar refractivity (Wildman–Crippen MR) is 127 cm³/mol. The Morgan fingerprint density at radius 3 is 2.85 bits per heavy atom. The van der Waals surface area contributed by atoms with E-state index in [1.165, 1.54) is 5.56 Å². The van der Waals surface area contributed by atoms with E-state index in [2.05, 4.69) is 11.0 Å². The quantitative estimate of drug-likeness (QED) is 0.371. The summed E-state index contributed by atoms with van der Waals surface area (Å²) in [6.45, 7) is 6.77. The Morgan fingerprint density at radius 1 is 1.24 bits per heavy atom. The normalized spacial score (nSPS) is 16.1. The van der Waals surface area contributed by atoms with Crippen molar-refractivity contribution in [1.82, 2.24) is 19.4 Å². The molecule has 0 radical (unpaired) electrons. The van der Waals surface area contributed by atoms with Crippen LogP contribution in [0.2, 0.25) is 0 Å². The van der Waals surface area contributed by atoms with Crippen LogP contribution in [-0.4, -0.2) is 44.0 Å². The molecule has 3 aromatic rings. The van der Waals surface area contributed by atoms with Crippen molar-refractivity contribution in [2.75, 3.05) is 6.54 Å². The van der Waals surface area contributed by atoms with Gasteiger partial charge in [-0.15, -0.1) is 0 Å². The second kappa shape index (κ2) is 9.83. The minimum Gasteiger partial charge on any atom is -0.443 e. The Morgan fingerprint density at radius 2 is 2.06 bits per heavy atom. The van der Waals surface area contributed by atoms with Crippen molar-refractivity contribution < 1.29 is 14.3 Å². The Balaban J connectivity index is 1.72. The highest BCUT2D eigenvalue weighted by Gasteiger charge is 2.30. The number of benzene rings is 1. The summed E-state index contributed by atoms with van der Waals surface area (Å²) in [5.74, 6) is 0.639. The summed E-state index contributed by atoms with van der Waals surface area (Å²) >= 11 is 0. The van der Waals surface area contributed by atoms with Gasteiger partial charge in [-0.05, 0) is 76.8 Å². The molecule has 1 unspecified atom stereocenters. The second-order valence-corrected chi connectivity index (χ2v) is 9.57. The van der Waals surface area contributed by atoms with E-state index < -0.39 is 11.7 Å². The molecule has 1 aliphatic rings. The van der Waals surface area contributed by atoms with Crippen LogP contribution in [0.15, 0.2) is 42.6 Å². The van der Waals surface area contributed by atoms with Gasteiger partial charge in [-0.25, -0.2) is 14.3 Å². The third-order valence-corrected chi connectivity index (χ3v) is 5.92. The summed E-state index contributed by atoms with van der Waals surface area (Å²) in [6.07, 6.45) is 6.71. The first kappa shape index (κ1) is 23.1. The molecule has 2 heterocycles. The van der Waals surface area contributed by atoms with Crippen molar-refractivity contribution in [3.05, 3.63) is 59.7 Å². The van der Waals surface area contributed by atoms with Gasteiger partial charge in [0.15, 0.2) is 0 Å². The van der Waals surface area contributed by atoms with Gasteiger partial charge in [-0.2, -0.15) is 0 Å². The number of fused-ring (bicyclic) bond motifs is 2. The fraction of sp³-hybridized carbons (Fsp3) is 0.462. The SMILES string of the molecule is CC(C)(C)OC(=O)n1c(CN(CCCC=O)C2CCCc3cccnc32)nc2ccccc21. The van der Waals surface area contributed by atoms with E-state index in [-0.39, 0.29) is 6.04 Å². The molecule has 0 spiro atoms. The van der Waals surface area contributed by atoms with Crippen molar-refractivity contribution >= 4 is 23.4 Å². The van der Waals surface area contributed by atoms with Crippen LogP contribution < -0.4 is 0 Å². The first-order valence-corrected chi connectivity index (χ1v) is 11.7. The lowest BCUT2D eigenvalue weighted by Crippen LogP contribution is -2.35. The molecule has 174 valence electrons. The summed E-state index contributed by atoms with van der Waals surface area (Å²) in [4.78, 5) is 36.0. The number of aldehydes is 1. The summed E-state index contributed by atoms with van der Waals surface area (Å²) in [5, 5.41) is 0. The Bertz CT molecular complexity index is 1130. The summed E-state index contributed by atoms with van der Waals surface area (Å²) in [7, 11) is 0. The second-order valence-electron chi connectivity index (χ2n) is 9.57. The van der Waals surface area contributed by atoms with Crippen LogP contribution in [0, 0.1) is 0 Å². The standard InChI is InChI=1S/C26H32N4O3/c1-26(2,3)33-25(32)30-21-13-5-4-12-20(21)28-23(30)18-29(16-6-7-17-31)22-14-8-10-19-11-9-15-27-24(19)22/h4-5,9,11-13,15,17,22H,6-8,10,14,16,18H2,1-3H3. The zero-order chi connectivity index (χ0) is 23.4. The van der Waals surface area contributed by atoms with Gasteiger partial charge >= 0.3 is 6.09 Å². The number of carbonyl (C=O) groups excluding carboxylic acids is 2. The van der Waals surface area contributed by atoms with Crippen molar-refractivity contribution in [2.24, 2.45) is 0 Å². The van der Waals surface area contributed by atoms with Crippen LogP contribution in [0.5, 0.6) is 0 Å². The van der Waals surface area contributed by atoms with Crippen molar-refractivity contribution in [2.45, 2.75) is 71.1 Å². The maximum absolute atomic E-state index is 13.2. The van der Waals surface area contributed by atoms with Gasteiger partial charge < -0.3 is 9.53 Å². The van der Waals surface area contributed by atoms with Gasteiger partial charge in [0.1, 0.15) is 17.7 Å².